The number of piperidine rings is 2. The second-order valence-corrected chi connectivity index (χ2v) is 6.83. The van der Waals surface area contributed by atoms with Crippen molar-refractivity contribution >= 4 is 5.96 Å². The highest BCUT2D eigenvalue weighted by Crippen LogP contribution is 2.20. The average molecular weight is 294 g/mol. The molecule has 2 aliphatic heterocycles. The molecule has 0 aliphatic carbocycles. The summed E-state index contributed by atoms with van der Waals surface area (Å²) in [5, 5.41) is 3.59. The van der Waals surface area contributed by atoms with Gasteiger partial charge in [-0.3, -0.25) is 4.99 Å². The molecule has 0 aromatic carbocycles. The first kappa shape index (κ1) is 16.6. The van der Waals surface area contributed by atoms with Crippen molar-refractivity contribution in [2.24, 2.45) is 16.8 Å². The number of nitrogens with one attached hydrogen (secondary N) is 1. The lowest BCUT2D eigenvalue weighted by atomic mass is 9.93. The zero-order chi connectivity index (χ0) is 15.1. The van der Waals surface area contributed by atoms with Crippen LogP contribution in [0, 0.1) is 11.8 Å². The number of hydrogen-bond donors (Lipinski definition) is 1. The van der Waals surface area contributed by atoms with Crippen molar-refractivity contribution < 1.29 is 0 Å². The maximum absolute atomic E-state index is 4.48. The van der Waals surface area contributed by atoms with E-state index in [4.69, 9.17) is 0 Å². The molecule has 2 rings (SSSR count). The fourth-order valence-corrected chi connectivity index (χ4v) is 3.69. The quantitative estimate of drug-likeness (QED) is 0.638. The molecule has 1 unspecified atom stereocenters. The summed E-state index contributed by atoms with van der Waals surface area (Å²) in [5.41, 5.74) is 0. The molecule has 21 heavy (non-hydrogen) atoms. The lowest BCUT2D eigenvalue weighted by Gasteiger charge is -2.34. The van der Waals surface area contributed by atoms with Crippen LogP contribution in [-0.4, -0.2) is 62.1 Å². The molecule has 122 valence electrons. The van der Waals surface area contributed by atoms with E-state index >= 15 is 0 Å². The maximum Gasteiger partial charge on any atom is 0.193 e. The van der Waals surface area contributed by atoms with Crippen LogP contribution in [0.25, 0.3) is 0 Å². The molecular weight excluding hydrogens is 260 g/mol. The third-order valence-corrected chi connectivity index (χ3v) is 5.16. The zero-order valence-electron chi connectivity index (χ0n) is 14.3. The Bertz CT molecular complexity index is 321. The van der Waals surface area contributed by atoms with Gasteiger partial charge >= 0.3 is 0 Å². The monoisotopic (exact) mass is 294 g/mol. The van der Waals surface area contributed by atoms with Crippen LogP contribution in [0.4, 0.5) is 0 Å². The molecule has 0 aromatic heterocycles. The van der Waals surface area contributed by atoms with Crippen molar-refractivity contribution in [3.8, 4) is 0 Å². The van der Waals surface area contributed by atoms with Crippen LogP contribution in [0.2, 0.25) is 0 Å². The van der Waals surface area contributed by atoms with Gasteiger partial charge in [-0.05, 0) is 63.6 Å². The molecule has 2 heterocycles. The van der Waals surface area contributed by atoms with E-state index in [-0.39, 0.29) is 0 Å². The van der Waals surface area contributed by atoms with Gasteiger partial charge in [0, 0.05) is 26.7 Å². The number of nitrogens with zero attached hydrogens (tertiary/aromatic N) is 3. The van der Waals surface area contributed by atoms with Crippen molar-refractivity contribution in [3.05, 3.63) is 0 Å². The van der Waals surface area contributed by atoms with Crippen molar-refractivity contribution in [1.82, 2.24) is 15.1 Å². The van der Waals surface area contributed by atoms with Crippen LogP contribution in [0.3, 0.4) is 0 Å². The lowest BCUT2D eigenvalue weighted by Crippen LogP contribution is -2.46. The summed E-state index contributed by atoms with van der Waals surface area (Å²) >= 11 is 0. The van der Waals surface area contributed by atoms with Crippen LogP contribution in [0.1, 0.15) is 46.0 Å². The number of aliphatic imine (C=N–C) groups is 1. The Hall–Kier alpha value is -0.770. The molecule has 0 saturated carbocycles. The Balaban J connectivity index is 1.67. The van der Waals surface area contributed by atoms with Gasteiger partial charge < -0.3 is 15.1 Å². The summed E-state index contributed by atoms with van der Waals surface area (Å²) < 4.78 is 0. The van der Waals surface area contributed by atoms with E-state index in [2.05, 4.69) is 34.0 Å². The van der Waals surface area contributed by atoms with Crippen LogP contribution in [0.15, 0.2) is 4.99 Å². The second kappa shape index (κ2) is 8.62. The van der Waals surface area contributed by atoms with Gasteiger partial charge in [0.25, 0.3) is 0 Å². The van der Waals surface area contributed by atoms with E-state index < -0.39 is 0 Å². The second-order valence-electron chi connectivity index (χ2n) is 6.83. The minimum Gasteiger partial charge on any atom is -0.356 e. The Morgan fingerprint density at radius 3 is 2.57 bits per heavy atom. The largest absolute Gasteiger partial charge is 0.356 e. The van der Waals surface area contributed by atoms with Gasteiger partial charge in [-0.2, -0.15) is 0 Å². The Labute approximate surface area is 131 Å². The van der Waals surface area contributed by atoms with Gasteiger partial charge in [-0.25, -0.2) is 0 Å². The van der Waals surface area contributed by atoms with Crippen LogP contribution in [0.5, 0.6) is 0 Å². The van der Waals surface area contributed by atoms with Crippen molar-refractivity contribution in [2.75, 3.05) is 46.3 Å². The smallest absolute Gasteiger partial charge is 0.193 e. The molecule has 4 heteroatoms. The fraction of sp³-hybridized carbons (Fsp3) is 0.941. The molecule has 0 bridgehead atoms. The summed E-state index contributed by atoms with van der Waals surface area (Å²) in [7, 11) is 1.92. The molecule has 2 aliphatic rings. The summed E-state index contributed by atoms with van der Waals surface area (Å²) in [5.74, 6) is 2.82. The third-order valence-electron chi connectivity index (χ3n) is 5.16. The Kier molecular flexibility index (Phi) is 6.81. The first-order valence-corrected chi connectivity index (χ1v) is 8.90. The average Bonchev–Trinajstić information content (AvgIpc) is 2.52. The first-order chi connectivity index (χ1) is 10.2. The number of guanidine groups is 1. The van der Waals surface area contributed by atoms with E-state index in [0.717, 1.165) is 30.9 Å². The van der Waals surface area contributed by atoms with Gasteiger partial charge in [0.1, 0.15) is 0 Å². The molecule has 0 radical (unpaired) electrons. The van der Waals surface area contributed by atoms with Gasteiger partial charge in [-0.15, -0.1) is 0 Å². The van der Waals surface area contributed by atoms with Crippen LogP contribution >= 0.6 is 0 Å². The number of rotatable bonds is 4. The number of hydrogen-bond acceptors (Lipinski definition) is 2. The predicted octanol–water partition coefficient (Wildman–Crippen LogP) is 2.42. The lowest BCUT2D eigenvalue weighted by molar-refractivity contribution is 0.187. The summed E-state index contributed by atoms with van der Waals surface area (Å²) in [6.45, 7) is 11.8. The maximum atomic E-state index is 4.48. The molecule has 2 fully saturated rings. The number of likely N-dealkylation sites (tertiary alicyclic amines) is 2. The molecule has 0 amide bonds. The highest BCUT2D eigenvalue weighted by Gasteiger charge is 2.20. The Morgan fingerprint density at radius 1 is 1.19 bits per heavy atom. The first-order valence-electron chi connectivity index (χ1n) is 8.90. The van der Waals surface area contributed by atoms with Crippen molar-refractivity contribution in [2.45, 2.75) is 46.0 Å². The highest BCUT2D eigenvalue weighted by atomic mass is 15.3. The molecule has 0 spiro atoms. The zero-order valence-corrected chi connectivity index (χ0v) is 14.3. The molecule has 0 aromatic rings. The van der Waals surface area contributed by atoms with E-state index in [1.54, 1.807) is 0 Å². The van der Waals surface area contributed by atoms with Gasteiger partial charge in [0.15, 0.2) is 5.96 Å². The predicted molar refractivity (Wildman–Crippen MR) is 90.8 cm³/mol. The standard InChI is InChI=1S/C17H34N4/c1-4-20-12-8-16(9-13-20)7-10-19-17(18-3)21-11-5-6-15(2)14-21/h15-16H,4-14H2,1-3H3,(H,18,19). The summed E-state index contributed by atoms with van der Waals surface area (Å²) in [4.78, 5) is 9.48. The van der Waals surface area contributed by atoms with Crippen molar-refractivity contribution in [3.63, 3.8) is 0 Å². The molecule has 1 atom stereocenters. The summed E-state index contributed by atoms with van der Waals surface area (Å²) in [6.07, 6.45) is 6.70. The SMILES string of the molecule is CCN1CCC(CCNC(=NC)N2CCCC(C)C2)CC1. The van der Waals surface area contributed by atoms with Crippen LogP contribution in [-0.2, 0) is 0 Å². The Morgan fingerprint density at radius 2 is 1.95 bits per heavy atom. The van der Waals surface area contributed by atoms with Gasteiger partial charge in [0.05, 0.1) is 0 Å². The van der Waals surface area contributed by atoms with E-state index in [0.29, 0.717) is 0 Å². The van der Waals surface area contributed by atoms with Crippen molar-refractivity contribution in [1.29, 1.82) is 0 Å². The summed E-state index contributed by atoms with van der Waals surface area (Å²) in [6, 6.07) is 0. The third kappa shape index (κ3) is 5.17. The van der Waals surface area contributed by atoms with Crippen LogP contribution < -0.4 is 5.32 Å². The van der Waals surface area contributed by atoms with E-state index in [9.17, 15) is 0 Å². The minimum atomic E-state index is 0.802. The van der Waals surface area contributed by atoms with E-state index in [1.165, 1.54) is 58.3 Å². The fourth-order valence-electron chi connectivity index (χ4n) is 3.69. The normalized spacial score (nSPS) is 26.1. The topological polar surface area (TPSA) is 30.9 Å². The molecule has 1 N–H and O–H groups in total. The highest BCUT2D eigenvalue weighted by molar-refractivity contribution is 5.79. The van der Waals surface area contributed by atoms with Gasteiger partial charge in [-0.1, -0.05) is 13.8 Å². The van der Waals surface area contributed by atoms with E-state index in [1.807, 2.05) is 7.05 Å². The van der Waals surface area contributed by atoms with Gasteiger partial charge in [0.2, 0.25) is 0 Å². The molecule has 2 saturated heterocycles. The minimum absolute atomic E-state index is 0.802. The molecular formula is C17H34N4. The molecule has 4 nitrogen and oxygen atoms in total.